The maximum atomic E-state index is 12.9. The Labute approximate surface area is 142 Å². The molecule has 4 rings (SSSR count). The lowest BCUT2D eigenvalue weighted by Gasteiger charge is -2.34. The van der Waals surface area contributed by atoms with Crippen molar-refractivity contribution in [3.63, 3.8) is 0 Å². The first-order valence-electron chi connectivity index (χ1n) is 7.53. The van der Waals surface area contributed by atoms with E-state index in [-0.39, 0.29) is 11.9 Å². The topological polar surface area (TPSA) is 50.5 Å². The summed E-state index contributed by atoms with van der Waals surface area (Å²) in [6, 6.07) is 9.69. The Hall–Kier alpha value is -2.21. The number of carbonyl (C=O) groups is 1. The van der Waals surface area contributed by atoms with Crippen molar-refractivity contribution >= 4 is 27.4 Å². The molecule has 1 aliphatic rings. The highest BCUT2D eigenvalue weighted by Crippen LogP contribution is 2.29. The molecule has 1 unspecified atom stereocenters. The Morgan fingerprint density at radius 3 is 3.09 bits per heavy atom. The van der Waals surface area contributed by atoms with Crippen molar-refractivity contribution in [2.75, 3.05) is 6.54 Å². The Morgan fingerprint density at radius 2 is 2.22 bits per heavy atom. The number of pyridine rings is 2. The van der Waals surface area contributed by atoms with Crippen LogP contribution < -0.4 is 0 Å². The third kappa shape index (κ3) is 2.43. The number of halogens is 1. The fraction of sp³-hybridized carbons (Fsp3) is 0.235. The molecule has 0 saturated carbocycles. The van der Waals surface area contributed by atoms with Crippen LogP contribution in [0, 0.1) is 0 Å². The van der Waals surface area contributed by atoms with Crippen molar-refractivity contribution in [2.24, 2.45) is 0 Å². The van der Waals surface area contributed by atoms with Crippen molar-refractivity contribution in [3.05, 3.63) is 64.1 Å². The SMILES string of the molecule is CC1c2cccnc2CCN1C(=O)c1cc2ccc(Br)cn2n1. The number of hydrogen-bond donors (Lipinski definition) is 0. The molecule has 116 valence electrons. The van der Waals surface area contributed by atoms with Crippen LogP contribution in [0.2, 0.25) is 0 Å². The van der Waals surface area contributed by atoms with E-state index in [0.29, 0.717) is 12.2 Å². The second-order valence-corrected chi connectivity index (χ2v) is 6.63. The van der Waals surface area contributed by atoms with E-state index < -0.39 is 0 Å². The summed E-state index contributed by atoms with van der Waals surface area (Å²) in [5.74, 6) is -0.0353. The number of amides is 1. The molecular formula is C17H15BrN4O. The fourth-order valence-electron chi connectivity index (χ4n) is 3.12. The van der Waals surface area contributed by atoms with E-state index in [1.165, 1.54) is 0 Å². The summed E-state index contributed by atoms with van der Waals surface area (Å²) in [6.45, 7) is 2.71. The van der Waals surface area contributed by atoms with Gasteiger partial charge in [-0.2, -0.15) is 5.10 Å². The van der Waals surface area contributed by atoms with Gasteiger partial charge in [0, 0.05) is 35.5 Å². The minimum atomic E-state index is -0.0353. The fourth-order valence-corrected chi connectivity index (χ4v) is 3.44. The molecule has 3 aromatic heterocycles. The van der Waals surface area contributed by atoms with Crippen LogP contribution in [0.3, 0.4) is 0 Å². The van der Waals surface area contributed by atoms with Crippen LogP contribution in [-0.4, -0.2) is 31.9 Å². The summed E-state index contributed by atoms with van der Waals surface area (Å²) < 4.78 is 2.65. The number of hydrogen-bond acceptors (Lipinski definition) is 3. The molecule has 1 atom stereocenters. The molecule has 0 saturated heterocycles. The minimum Gasteiger partial charge on any atom is -0.330 e. The second-order valence-electron chi connectivity index (χ2n) is 5.71. The molecule has 1 amide bonds. The van der Waals surface area contributed by atoms with E-state index in [0.717, 1.165) is 27.7 Å². The first-order valence-corrected chi connectivity index (χ1v) is 8.32. The van der Waals surface area contributed by atoms with E-state index >= 15 is 0 Å². The monoisotopic (exact) mass is 370 g/mol. The van der Waals surface area contributed by atoms with E-state index in [4.69, 9.17) is 0 Å². The Balaban J connectivity index is 1.68. The molecule has 4 heterocycles. The summed E-state index contributed by atoms with van der Waals surface area (Å²) in [5.41, 5.74) is 3.59. The molecule has 0 bridgehead atoms. The highest BCUT2D eigenvalue weighted by molar-refractivity contribution is 9.10. The van der Waals surface area contributed by atoms with Gasteiger partial charge < -0.3 is 4.90 Å². The van der Waals surface area contributed by atoms with Gasteiger partial charge in [-0.25, -0.2) is 4.52 Å². The molecule has 0 radical (unpaired) electrons. The molecule has 0 N–H and O–H groups in total. The van der Waals surface area contributed by atoms with Crippen LogP contribution in [0.25, 0.3) is 5.52 Å². The third-order valence-corrected chi connectivity index (χ3v) is 4.81. The Morgan fingerprint density at radius 1 is 1.35 bits per heavy atom. The van der Waals surface area contributed by atoms with E-state index in [1.807, 2.05) is 54.5 Å². The lowest BCUT2D eigenvalue weighted by molar-refractivity contribution is 0.0669. The molecule has 1 aliphatic heterocycles. The van der Waals surface area contributed by atoms with E-state index in [9.17, 15) is 4.79 Å². The first-order chi connectivity index (χ1) is 11.1. The van der Waals surface area contributed by atoms with Crippen molar-refractivity contribution in [1.29, 1.82) is 0 Å². The van der Waals surface area contributed by atoms with Gasteiger partial charge in [0.15, 0.2) is 5.69 Å². The standard InChI is InChI=1S/C17H15BrN4O/c1-11-14-3-2-7-19-15(14)6-8-21(11)17(23)16-9-13-5-4-12(18)10-22(13)20-16/h2-5,7,9-11H,6,8H2,1H3. The second kappa shape index (κ2) is 5.45. The van der Waals surface area contributed by atoms with Gasteiger partial charge in [-0.3, -0.25) is 9.78 Å². The molecule has 0 aliphatic carbocycles. The summed E-state index contributed by atoms with van der Waals surface area (Å²) in [7, 11) is 0. The summed E-state index contributed by atoms with van der Waals surface area (Å²) in [4.78, 5) is 19.2. The predicted octanol–water partition coefficient (Wildman–Crippen LogP) is 3.25. The van der Waals surface area contributed by atoms with Gasteiger partial charge in [-0.05, 0) is 52.7 Å². The van der Waals surface area contributed by atoms with Crippen LogP contribution in [0.1, 0.15) is 34.7 Å². The smallest absolute Gasteiger partial charge is 0.274 e. The minimum absolute atomic E-state index is 0.0106. The predicted molar refractivity (Wildman–Crippen MR) is 90.3 cm³/mol. The highest BCUT2D eigenvalue weighted by Gasteiger charge is 2.30. The van der Waals surface area contributed by atoms with Gasteiger partial charge in [-0.15, -0.1) is 0 Å². The Bertz CT molecular complexity index is 904. The highest BCUT2D eigenvalue weighted by atomic mass is 79.9. The zero-order valence-electron chi connectivity index (χ0n) is 12.6. The van der Waals surface area contributed by atoms with Gasteiger partial charge in [0.25, 0.3) is 5.91 Å². The number of fused-ring (bicyclic) bond motifs is 2. The molecule has 0 aromatic carbocycles. The lowest BCUT2D eigenvalue weighted by atomic mass is 9.98. The maximum Gasteiger partial charge on any atom is 0.274 e. The first kappa shape index (κ1) is 14.4. The molecule has 6 heteroatoms. The van der Waals surface area contributed by atoms with Gasteiger partial charge in [0.2, 0.25) is 0 Å². The summed E-state index contributed by atoms with van der Waals surface area (Å²) in [5, 5.41) is 4.42. The molecule has 0 spiro atoms. The molecular weight excluding hydrogens is 356 g/mol. The van der Waals surface area contributed by atoms with Crippen LogP contribution in [0.4, 0.5) is 0 Å². The quantitative estimate of drug-likeness (QED) is 0.660. The maximum absolute atomic E-state index is 12.9. The van der Waals surface area contributed by atoms with Crippen molar-refractivity contribution in [2.45, 2.75) is 19.4 Å². The third-order valence-electron chi connectivity index (χ3n) is 4.34. The lowest BCUT2D eigenvalue weighted by Crippen LogP contribution is -2.39. The van der Waals surface area contributed by atoms with Gasteiger partial charge >= 0.3 is 0 Å². The normalized spacial score (nSPS) is 17.3. The summed E-state index contributed by atoms with van der Waals surface area (Å²) in [6.07, 6.45) is 4.44. The number of carbonyl (C=O) groups excluding carboxylic acids is 1. The van der Waals surface area contributed by atoms with Crippen LogP contribution >= 0.6 is 15.9 Å². The molecule has 23 heavy (non-hydrogen) atoms. The van der Waals surface area contributed by atoms with Gasteiger partial charge in [-0.1, -0.05) is 6.07 Å². The average molecular weight is 371 g/mol. The summed E-state index contributed by atoms with van der Waals surface area (Å²) >= 11 is 3.42. The van der Waals surface area contributed by atoms with Crippen molar-refractivity contribution in [1.82, 2.24) is 19.5 Å². The zero-order valence-corrected chi connectivity index (χ0v) is 14.2. The zero-order chi connectivity index (χ0) is 16.0. The number of rotatable bonds is 1. The van der Waals surface area contributed by atoms with Gasteiger partial charge in [0.1, 0.15) is 0 Å². The van der Waals surface area contributed by atoms with Crippen LogP contribution in [-0.2, 0) is 6.42 Å². The van der Waals surface area contributed by atoms with E-state index in [2.05, 4.69) is 26.0 Å². The van der Waals surface area contributed by atoms with E-state index in [1.54, 1.807) is 4.52 Å². The number of nitrogens with zero attached hydrogens (tertiary/aromatic N) is 4. The van der Waals surface area contributed by atoms with Crippen LogP contribution in [0.15, 0.2) is 47.2 Å². The van der Waals surface area contributed by atoms with Crippen molar-refractivity contribution in [3.8, 4) is 0 Å². The Kier molecular flexibility index (Phi) is 3.41. The largest absolute Gasteiger partial charge is 0.330 e. The van der Waals surface area contributed by atoms with Crippen LogP contribution in [0.5, 0.6) is 0 Å². The molecule has 0 fully saturated rings. The van der Waals surface area contributed by atoms with Crippen molar-refractivity contribution < 1.29 is 4.79 Å². The average Bonchev–Trinajstić information content (AvgIpc) is 2.98. The van der Waals surface area contributed by atoms with Gasteiger partial charge in [0.05, 0.1) is 11.6 Å². The number of aromatic nitrogens is 3. The molecule has 5 nitrogen and oxygen atoms in total. The molecule has 3 aromatic rings.